The van der Waals surface area contributed by atoms with Crippen molar-refractivity contribution >= 4 is 11.9 Å². The molecule has 2 rings (SSSR count). The van der Waals surface area contributed by atoms with Crippen LogP contribution in [0.1, 0.15) is 36.1 Å². The maximum absolute atomic E-state index is 12.3. The Balaban J connectivity index is 1.74. The van der Waals surface area contributed by atoms with Crippen LogP contribution in [0.15, 0.2) is 48.5 Å². The average Bonchev–Trinajstić information content (AvgIpc) is 2.68. The fraction of sp³-hybridized carbons (Fsp3) is 0.364. The molecule has 0 N–H and O–H groups in total. The Morgan fingerprint density at radius 3 is 2.48 bits per heavy atom. The van der Waals surface area contributed by atoms with E-state index in [2.05, 4.69) is 0 Å². The van der Waals surface area contributed by atoms with Gasteiger partial charge in [0, 0.05) is 7.05 Å². The molecule has 5 nitrogen and oxygen atoms in total. The molecule has 0 spiro atoms. The SMILES string of the molecule is Cc1ccc(C)c(OCCC(=O)OCC(=O)N(C)C(C)c2ccccc2)c1. The van der Waals surface area contributed by atoms with E-state index < -0.39 is 5.97 Å². The zero-order valence-electron chi connectivity index (χ0n) is 16.4. The van der Waals surface area contributed by atoms with E-state index in [1.54, 1.807) is 11.9 Å². The summed E-state index contributed by atoms with van der Waals surface area (Å²) in [6.45, 7) is 5.82. The molecule has 0 aliphatic carbocycles. The fourth-order valence-corrected chi connectivity index (χ4v) is 2.59. The number of amides is 1. The summed E-state index contributed by atoms with van der Waals surface area (Å²) in [6, 6.07) is 15.5. The number of esters is 1. The summed E-state index contributed by atoms with van der Waals surface area (Å²) in [5.41, 5.74) is 3.14. The molecule has 0 aromatic heterocycles. The molecular formula is C22H27NO4. The van der Waals surface area contributed by atoms with Crippen LogP contribution in [0.5, 0.6) is 5.75 Å². The first-order valence-corrected chi connectivity index (χ1v) is 9.04. The Morgan fingerprint density at radius 1 is 1.07 bits per heavy atom. The van der Waals surface area contributed by atoms with Crippen LogP contribution in [-0.2, 0) is 14.3 Å². The predicted molar refractivity (Wildman–Crippen MR) is 105 cm³/mol. The van der Waals surface area contributed by atoms with Crippen LogP contribution in [0.3, 0.4) is 0 Å². The molecule has 2 aromatic rings. The number of hydrogen-bond donors (Lipinski definition) is 0. The van der Waals surface area contributed by atoms with Gasteiger partial charge in [-0.05, 0) is 43.5 Å². The van der Waals surface area contributed by atoms with Crippen molar-refractivity contribution in [1.82, 2.24) is 4.90 Å². The van der Waals surface area contributed by atoms with Crippen LogP contribution in [0, 0.1) is 13.8 Å². The maximum atomic E-state index is 12.3. The van der Waals surface area contributed by atoms with Crippen molar-refractivity contribution in [2.24, 2.45) is 0 Å². The summed E-state index contributed by atoms with van der Waals surface area (Å²) < 4.78 is 10.7. The van der Waals surface area contributed by atoms with Gasteiger partial charge >= 0.3 is 5.97 Å². The van der Waals surface area contributed by atoms with Gasteiger partial charge in [0.05, 0.1) is 19.1 Å². The van der Waals surface area contributed by atoms with Crippen molar-refractivity contribution in [3.8, 4) is 5.75 Å². The third-order valence-corrected chi connectivity index (χ3v) is 4.52. The summed E-state index contributed by atoms with van der Waals surface area (Å²) in [4.78, 5) is 25.7. The van der Waals surface area contributed by atoms with E-state index in [1.807, 2.05) is 69.3 Å². The highest BCUT2D eigenvalue weighted by Crippen LogP contribution is 2.20. The second-order valence-corrected chi connectivity index (χ2v) is 6.62. The van der Waals surface area contributed by atoms with Crippen molar-refractivity contribution in [3.05, 3.63) is 65.2 Å². The third-order valence-electron chi connectivity index (χ3n) is 4.52. The van der Waals surface area contributed by atoms with Crippen LogP contribution in [0.2, 0.25) is 0 Å². The van der Waals surface area contributed by atoms with Gasteiger partial charge in [0.1, 0.15) is 5.75 Å². The van der Waals surface area contributed by atoms with E-state index in [0.717, 1.165) is 22.4 Å². The summed E-state index contributed by atoms with van der Waals surface area (Å²) in [5.74, 6) is 0.0693. The molecule has 0 radical (unpaired) electrons. The number of carbonyl (C=O) groups is 2. The Hall–Kier alpha value is -2.82. The molecule has 0 saturated carbocycles. The molecule has 0 fully saturated rings. The Morgan fingerprint density at radius 2 is 1.78 bits per heavy atom. The van der Waals surface area contributed by atoms with Gasteiger partial charge in [0.2, 0.25) is 0 Å². The minimum atomic E-state index is -0.450. The number of benzene rings is 2. The van der Waals surface area contributed by atoms with Crippen LogP contribution in [0.25, 0.3) is 0 Å². The van der Waals surface area contributed by atoms with Crippen molar-refractivity contribution in [2.45, 2.75) is 33.2 Å². The minimum absolute atomic E-state index is 0.0926. The molecule has 144 valence electrons. The molecular weight excluding hydrogens is 342 g/mol. The van der Waals surface area contributed by atoms with E-state index in [-0.39, 0.29) is 31.6 Å². The molecule has 0 heterocycles. The zero-order valence-corrected chi connectivity index (χ0v) is 16.4. The van der Waals surface area contributed by atoms with Crippen molar-refractivity contribution in [1.29, 1.82) is 0 Å². The molecule has 27 heavy (non-hydrogen) atoms. The van der Waals surface area contributed by atoms with Gasteiger partial charge in [0.25, 0.3) is 5.91 Å². The van der Waals surface area contributed by atoms with Crippen molar-refractivity contribution in [3.63, 3.8) is 0 Å². The number of aryl methyl sites for hydroxylation is 2. The molecule has 0 aliphatic heterocycles. The number of rotatable bonds is 8. The zero-order chi connectivity index (χ0) is 19.8. The highest BCUT2D eigenvalue weighted by molar-refractivity contribution is 5.80. The summed E-state index contributed by atoms with van der Waals surface area (Å²) in [7, 11) is 1.71. The van der Waals surface area contributed by atoms with E-state index in [1.165, 1.54) is 0 Å². The smallest absolute Gasteiger partial charge is 0.309 e. The monoisotopic (exact) mass is 369 g/mol. The largest absolute Gasteiger partial charge is 0.493 e. The van der Waals surface area contributed by atoms with E-state index in [9.17, 15) is 9.59 Å². The first-order chi connectivity index (χ1) is 12.9. The number of nitrogens with zero attached hydrogens (tertiary/aromatic N) is 1. The maximum Gasteiger partial charge on any atom is 0.309 e. The number of likely N-dealkylation sites (N-methyl/N-ethyl adjacent to an activating group) is 1. The number of hydrogen-bond acceptors (Lipinski definition) is 4. The molecule has 1 amide bonds. The minimum Gasteiger partial charge on any atom is -0.493 e. The molecule has 0 saturated heterocycles. The number of ether oxygens (including phenoxy) is 2. The lowest BCUT2D eigenvalue weighted by molar-refractivity contribution is -0.152. The van der Waals surface area contributed by atoms with Gasteiger partial charge in [-0.2, -0.15) is 0 Å². The first kappa shape index (κ1) is 20.5. The fourth-order valence-electron chi connectivity index (χ4n) is 2.59. The highest BCUT2D eigenvalue weighted by atomic mass is 16.5. The lowest BCUT2D eigenvalue weighted by Crippen LogP contribution is -2.33. The molecule has 0 bridgehead atoms. The Kier molecular flexibility index (Phi) is 7.41. The van der Waals surface area contributed by atoms with Crippen LogP contribution >= 0.6 is 0 Å². The summed E-state index contributed by atoms with van der Waals surface area (Å²) in [5, 5.41) is 0. The van der Waals surface area contributed by atoms with E-state index >= 15 is 0 Å². The van der Waals surface area contributed by atoms with Gasteiger partial charge in [0.15, 0.2) is 6.61 Å². The van der Waals surface area contributed by atoms with Gasteiger partial charge in [-0.25, -0.2) is 0 Å². The predicted octanol–water partition coefficient (Wildman–Crippen LogP) is 3.84. The average molecular weight is 369 g/mol. The Bertz CT molecular complexity index is 773. The lowest BCUT2D eigenvalue weighted by atomic mass is 10.1. The standard InChI is InChI=1S/C22H27NO4/c1-16-10-11-17(2)20(14-16)26-13-12-22(25)27-15-21(24)23(4)18(3)19-8-6-5-7-9-19/h5-11,14,18H,12-13,15H2,1-4H3. The first-order valence-electron chi connectivity index (χ1n) is 9.04. The van der Waals surface area contributed by atoms with Crippen molar-refractivity contribution < 1.29 is 19.1 Å². The van der Waals surface area contributed by atoms with Crippen molar-refractivity contribution in [2.75, 3.05) is 20.3 Å². The molecule has 5 heteroatoms. The van der Waals surface area contributed by atoms with Crippen LogP contribution in [-0.4, -0.2) is 37.0 Å². The lowest BCUT2D eigenvalue weighted by Gasteiger charge is -2.25. The van der Waals surface area contributed by atoms with Gasteiger partial charge in [-0.3, -0.25) is 9.59 Å². The molecule has 1 atom stereocenters. The van der Waals surface area contributed by atoms with Crippen LogP contribution < -0.4 is 4.74 Å². The molecule has 2 aromatic carbocycles. The van der Waals surface area contributed by atoms with Gasteiger partial charge < -0.3 is 14.4 Å². The number of carbonyl (C=O) groups excluding carboxylic acids is 2. The van der Waals surface area contributed by atoms with Crippen LogP contribution in [0.4, 0.5) is 0 Å². The second-order valence-electron chi connectivity index (χ2n) is 6.62. The topological polar surface area (TPSA) is 55.8 Å². The second kappa shape index (κ2) is 9.76. The summed E-state index contributed by atoms with van der Waals surface area (Å²) >= 11 is 0. The normalized spacial score (nSPS) is 11.6. The Labute approximate surface area is 160 Å². The van der Waals surface area contributed by atoms with Gasteiger partial charge in [-0.15, -0.1) is 0 Å². The molecule has 1 unspecified atom stereocenters. The van der Waals surface area contributed by atoms with Gasteiger partial charge in [-0.1, -0.05) is 42.5 Å². The quantitative estimate of drug-likeness (QED) is 0.664. The van der Waals surface area contributed by atoms with E-state index in [4.69, 9.17) is 9.47 Å². The third kappa shape index (κ3) is 6.13. The molecule has 0 aliphatic rings. The summed E-state index contributed by atoms with van der Waals surface area (Å²) in [6.07, 6.45) is 0.0958. The highest BCUT2D eigenvalue weighted by Gasteiger charge is 2.18. The van der Waals surface area contributed by atoms with E-state index in [0.29, 0.717) is 0 Å².